The van der Waals surface area contributed by atoms with Gasteiger partial charge in [0.25, 0.3) is 0 Å². The summed E-state index contributed by atoms with van der Waals surface area (Å²) in [6.07, 6.45) is 10.0. The van der Waals surface area contributed by atoms with Gasteiger partial charge >= 0.3 is 0 Å². The molecule has 1 aliphatic rings. The van der Waals surface area contributed by atoms with Crippen molar-refractivity contribution in [1.29, 1.82) is 0 Å². The maximum atomic E-state index is 7.75. The van der Waals surface area contributed by atoms with E-state index in [9.17, 15) is 0 Å². The third kappa shape index (κ3) is 36.0. The number of hydrogen-bond donors (Lipinski definition) is 0. The van der Waals surface area contributed by atoms with E-state index >= 15 is 0 Å². The zero-order valence-corrected chi connectivity index (χ0v) is 7.45. The predicted octanol–water partition coefficient (Wildman–Crippen LogP) is 0.481. The van der Waals surface area contributed by atoms with Crippen molar-refractivity contribution in [2.45, 2.75) is 6.42 Å². The Balaban J connectivity index is -0.0000000406. The summed E-state index contributed by atoms with van der Waals surface area (Å²) in [6, 6.07) is 0. The van der Waals surface area contributed by atoms with E-state index in [1.54, 1.807) is 0 Å². The second-order valence-electron chi connectivity index (χ2n) is 1.00. The molecule has 1 radical (unpaired) electrons. The summed E-state index contributed by atoms with van der Waals surface area (Å²) in [5.41, 5.74) is 0. The van der Waals surface area contributed by atoms with Crippen molar-refractivity contribution in [3.63, 3.8) is 0 Å². The molecule has 0 amide bonds. The second-order valence-corrected chi connectivity index (χ2v) is 1.00. The fraction of sp³-hybridized carbons (Fsp3) is 0.125. The normalized spacial score (nSPS) is 8.33. The molecule has 0 aromatic carbocycles. The van der Waals surface area contributed by atoms with Gasteiger partial charge in [0.05, 0.1) is 0 Å². The molecule has 0 aromatic rings. The van der Waals surface area contributed by atoms with Crippen molar-refractivity contribution >= 4 is 20.4 Å². The van der Waals surface area contributed by atoms with Crippen molar-refractivity contribution in [1.82, 2.24) is 0 Å². The fourth-order valence-electron chi connectivity index (χ4n) is 0.340. The maximum absolute atomic E-state index is 7.75. The predicted molar refractivity (Wildman–Crippen MR) is 41.8 cm³/mol. The molecule has 3 nitrogen and oxygen atoms in total. The summed E-state index contributed by atoms with van der Waals surface area (Å²) < 4.78 is 0. The van der Waals surface area contributed by atoms with E-state index in [4.69, 9.17) is 14.4 Å². The number of rotatable bonds is 0. The van der Waals surface area contributed by atoms with Gasteiger partial charge in [-0.25, -0.2) is 12.2 Å². The van der Waals surface area contributed by atoms with Crippen LogP contribution in [0.2, 0.25) is 0 Å². The van der Waals surface area contributed by atoms with Gasteiger partial charge in [0.15, 0.2) is 0 Å². The summed E-state index contributed by atoms with van der Waals surface area (Å²) in [5, 5.41) is 0. The smallest absolute Gasteiger partial charge is 0 e. The van der Waals surface area contributed by atoms with E-state index in [2.05, 4.69) is 32.5 Å². The molecule has 0 N–H and O–H groups in total. The van der Waals surface area contributed by atoms with Crippen molar-refractivity contribution in [2.24, 2.45) is 0 Å². The Morgan fingerprint density at radius 2 is 1.42 bits per heavy atom. The summed E-state index contributed by atoms with van der Waals surface area (Å²) >= 11 is 0. The van der Waals surface area contributed by atoms with Crippen molar-refractivity contribution in [3.05, 3.63) is 24.3 Å². The molecule has 1 aliphatic carbocycles. The molecule has 0 aromatic heterocycles. The zero-order chi connectivity index (χ0) is 9.54. The Hall–Kier alpha value is -0.991. The molecule has 69 valence electrons. The fourth-order valence-corrected chi connectivity index (χ4v) is 0.340. The van der Waals surface area contributed by atoms with Crippen LogP contribution in [0.15, 0.2) is 18.2 Å². The van der Waals surface area contributed by atoms with Crippen molar-refractivity contribution < 1.29 is 31.5 Å². The van der Waals surface area contributed by atoms with Crippen LogP contribution in [0.5, 0.6) is 0 Å². The Morgan fingerprint density at radius 3 is 1.50 bits per heavy atom. The first kappa shape index (κ1) is 22.5. The van der Waals surface area contributed by atoms with Gasteiger partial charge in [-0.3, -0.25) is 26.4 Å². The Labute approximate surface area is 83.0 Å². The molecule has 0 aliphatic heterocycles. The van der Waals surface area contributed by atoms with Gasteiger partial charge in [-0.1, -0.05) is 0 Å². The van der Waals surface area contributed by atoms with Crippen LogP contribution >= 0.6 is 0 Å². The molecule has 0 bridgehead atoms. The minimum Gasteiger partial charge on any atom is -0.545 e. The summed E-state index contributed by atoms with van der Waals surface area (Å²) in [6.45, 7) is 9.75. The number of allylic oxidation sites excluding steroid dienone is 4. The summed E-state index contributed by atoms with van der Waals surface area (Å²) in [5.74, 6) is 0. The molecular formula is C8H8MnO3-4. The van der Waals surface area contributed by atoms with Gasteiger partial charge in [-0.15, -0.1) is 6.42 Å². The molecule has 12 heavy (non-hydrogen) atoms. The second kappa shape index (κ2) is 50.5. The topological polar surface area (TPSA) is 51.2 Å². The van der Waals surface area contributed by atoms with E-state index < -0.39 is 0 Å². The van der Waals surface area contributed by atoms with Crippen LogP contribution in [0.25, 0.3) is 0 Å². The number of hydrogen-bond acceptors (Lipinski definition) is 3. The minimum absolute atomic E-state index is 0. The van der Waals surface area contributed by atoms with E-state index in [1.807, 2.05) is 12.2 Å². The van der Waals surface area contributed by atoms with Gasteiger partial charge in [-0.2, -0.15) is 6.08 Å². The molecule has 1 rings (SSSR count). The molecule has 0 unspecified atom stereocenters. The Kier molecular flexibility index (Phi) is 94.6. The molecule has 0 atom stereocenters. The third-order valence-electron chi connectivity index (χ3n) is 0.586. The van der Waals surface area contributed by atoms with Gasteiger partial charge in [-0.05, 0) is 0 Å². The molecule has 4 heteroatoms. The van der Waals surface area contributed by atoms with E-state index in [0.29, 0.717) is 0 Å². The van der Waals surface area contributed by atoms with Gasteiger partial charge in [0, 0.05) is 17.1 Å². The molecule has 0 saturated carbocycles. The third-order valence-corrected chi connectivity index (χ3v) is 0.586. The molecule has 0 spiro atoms. The zero-order valence-electron chi connectivity index (χ0n) is 6.27. The number of carbonyl (C=O) groups excluding carboxylic acids is 3. The average molecular weight is 207 g/mol. The standard InChI is InChI=1S/C5H5.3CHO.Mn/c1-2-4-5-3-1;3*1-2;/h1-3H,4H2;3*1H;/q4*-1;. The van der Waals surface area contributed by atoms with Crippen molar-refractivity contribution in [2.75, 3.05) is 0 Å². The van der Waals surface area contributed by atoms with Crippen LogP contribution in [0.4, 0.5) is 0 Å². The molecular weight excluding hydrogens is 199 g/mol. The quantitative estimate of drug-likeness (QED) is 0.330. The van der Waals surface area contributed by atoms with Crippen LogP contribution in [0, 0.1) is 6.08 Å². The largest absolute Gasteiger partial charge is 0.545 e. The summed E-state index contributed by atoms with van der Waals surface area (Å²) in [4.78, 5) is 23.2. The van der Waals surface area contributed by atoms with Gasteiger partial charge < -0.3 is 14.4 Å². The van der Waals surface area contributed by atoms with Crippen LogP contribution in [0.3, 0.4) is 0 Å². The maximum Gasteiger partial charge on any atom is 0 e. The van der Waals surface area contributed by atoms with Crippen molar-refractivity contribution in [3.8, 4) is 0 Å². The Morgan fingerprint density at radius 1 is 1.00 bits per heavy atom. The van der Waals surface area contributed by atoms with Gasteiger partial charge in [0.2, 0.25) is 0 Å². The van der Waals surface area contributed by atoms with Crippen LogP contribution in [-0.4, -0.2) is 20.4 Å². The minimum atomic E-state index is 0. The van der Waals surface area contributed by atoms with Crippen LogP contribution in [-0.2, 0) is 31.5 Å². The summed E-state index contributed by atoms with van der Waals surface area (Å²) in [7, 11) is 0. The molecule has 0 fully saturated rings. The molecule has 0 saturated heterocycles. The van der Waals surface area contributed by atoms with E-state index in [0.717, 1.165) is 6.42 Å². The SMILES string of the molecule is [C-]1=CC=CC1.[CH-]=O.[CH-]=O.[CH-]=O.[Mn]. The van der Waals surface area contributed by atoms with Crippen LogP contribution < -0.4 is 0 Å². The van der Waals surface area contributed by atoms with Crippen LogP contribution in [0.1, 0.15) is 6.42 Å². The molecule has 0 heterocycles. The average Bonchev–Trinajstić information content (AvgIpc) is 2.71. The van der Waals surface area contributed by atoms with Gasteiger partial charge in [0.1, 0.15) is 0 Å². The Bertz CT molecular complexity index is 98.1. The first-order valence-corrected chi connectivity index (χ1v) is 2.42. The van der Waals surface area contributed by atoms with E-state index in [-0.39, 0.29) is 17.1 Å². The monoisotopic (exact) mass is 207 g/mol. The first-order valence-electron chi connectivity index (χ1n) is 2.42. The first-order chi connectivity index (χ1) is 5.50. The van der Waals surface area contributed by atoms with E-state index in [1.165, 1.54) is 0 Å².